The van der Waals surface area contributed by atoms with Gasteiger partial charge in [-0.2, -0.15) is 9.40 Å². The maximum Gasteiger partial charge on any atom is 0.246 e. The summed E-state index contributed by atoms with van der Waals surface area (Å²) >= 11 is 0. The fraction of sp³-hybridized carbons (Fsp3) is 0.727. The molecular weight excluding hydrogens is 254 g/mol. The third-order valence-electron chi connectivity index (χ3n) is 3.52. The summed E-state index contributed by atoms with van der Waals surface area (Å²) in [7, 11) is -0.356. The molecule has 0 aromatic carbocycles. The molecule has 0 aliphatic heterocycles. The Hall–Kier alpha value is -0.920. The highest BCUT2D eigenvalue weighted by atomic mass is 32.2. The first-order valence-corrected chi connectivity index (χ1v) is 7.51. The van der Waals surface area contributed by atoms with Crippen LogP contribution in [0.4, 0.5) is 0 Å². The maximum absolute atomic E-state index is 12.4. The van der Waals surface area contributed by atoms with E-state index < -0.39 is 16.1 Å². The van der Waals surface area contributed by atoms with Crippen LogP contribution in [0.2, 0.25) is 0 Å². The topological polar surface area (TPSA) is 75.4 Å². The molecule has 1 aliphatic carbocycles. The van der Waals surface area contributed by atoms with Crippen LogP contribution >= 0.6 is 0 Å². The van der Waals surface area contributed by atoms with Crippen molar-refractivity contribution >= 4 is 10.0 Å². The van der Waals surface area contributed by atoms with Crippen LogP contribution in [0.1, 0.15) is 25.7 Å². The summed E-state index contributed by atoms with van der Waals surface area (Å²) in [4.78, 5) is 0.172. The van der Waals surface area contributed by atoms with Gasteiger partial charge < -0.3 is 5.11 Å². The van der Waals surface area contributed by atoms with E-state index in [9.17, 15) is 13.5 Å². The van der Waals surface area contributed by atoms with E-state index in [4.69, 9.17) is 0 Å². The van der Waals surface area contributed by atoms with Crippen molar-refractivity contribution in [1.29, 1.82) is 0 Å². The lowest BCUT2D eigenvalue weighted by molar-refractivity contribution is 0.0638. The number of aryl methyl sites for hydroxylation is 1. The first kappa shape index (κ1) is 13.5. The standard InChI is InChI=1S/C11H19N3O3S/c1-13-8-9(7-12-13)18(16,17)14(2)10-5-3-4-6-11(10)15/h7-8,10-11,15H,3-6H2,1-2H3. The van der Waals surface area contributed by atoms with Crippen LogP contribution < -0.4 is 0 Å². The Kier molecular flexibility index (Phi) is 3.74. The predicted molar refractivity (Wildman–Crippen MR) is 66.4 cm³/mol. The summed E-state index contributed by atoms with van der Waals surface area (Å²) in [6.45, 7) is 0. The van der Waals surface area contributed by atoms with Gasteiger partial charge in [-0.25, -0.2) is 8.42 Å². The Labute approximate surface area is 107 Å². The molecule has 6 nitrogen and oxygen atoms in total. The zero-order valence-electron chi connectivity index (χ0n) is 10.7. The number of nitrogens with zero attached hydrogens (tertiary/aromatic N) is 3. The van der Waals surface area contributed by atoms with E-state index in [1.807, 2.05) is 0 Å². The van der Waals surface area contributed by atoms with Crippen LogP contribution in [0, 0.1) is 0 Å². The summed E-state index contributed by atoms with van der Waals surface area (Å²) in [6, 6.07) is -0.330. The van der Waals surface area contributed by atoms with Crippen LogP contribution in [0.15, 0.2) is 17.3 Å². The van der Waals surface area contributed by atoms with Gasteiger partial charge in [0.2, 0.25) is 10.0 Å². The number of aliphatic hydroxyl groups is 1. The molecular formula is C11H19N3O3S. The van der Waals surface area contributed by atoms with Gasteiger partial charge in [-0.1, -0.05) is 12.8 Å². The minimum Gasteiger partial charge on any atom is -0.391 e. The van der Waals surface area contributed by atoms with Gasteiger partial charge in [0.05, 0.1) is 18.3 Å². The quantitative estimate of drug-likeness (QED) is 0.862. The number of rotatable bonds is 3. The van der Waals surface area contributed by atoms with Crippen LogP contribution in [0.5, 0.6) is 0 Å². The zero-order valence-corrected chi connectivity index (χ0v) is 11.5. The Bertz CT molecular complexity index is 511. The number of hydrogen-bond acceptors (Lipinski definition) is 4. The van der Waals surface area contributed by atoms with Gasteiger partial charge in [-0.15, -0.1) is 0 Å². The molecule has 1 fully saturated rings. The Balaban J connectivity index is 2.24. The van der Waals surface area contributed by atoms with Gasteiger partial charge in [0.1, 0.15) is 4.90 Å². The van der Waals surface area contributed by atoms with Crippen molar-refractivity contribution in [3.63, 3.8) is 0 Å². The molecule has 1 N–H and O–H groups in total. The first-order chi connectivity index (χ1) is 8.43. The lowest BCUT2D eigenvalue weighted by atomic mass is 9.93. The number of sulfonamides is 1. The predicted octanol–water partition coefficient (Wildman–Crippen LogP) is 0.344. The molecule has 1 saturated carbocycles. The summed E-state index contributed by atoms with van der Waals surface area (Å²) in [5.74, 6) is 0. The molecule has 2 rings (SSSR count). The molecule has 1 aromatic rings. The van der Waals surface area contributed by atoms with Crippen molar-refractivity contribution in [2.45, 2.75) is 42.7 Å². The van der Waals surface area contributed by atoms with Crippen molar-refractivity contribution in [3.8, 4) is 0 Å². The molecule has 1 aromatic heterocycles. The van der Waals surface area contributed by atoms with Gasteiger partial charge in [0.25, 0.3) is 0 Å². The summed E-state index contributed by atoms with van der Waals surface area (Å²) in [5.41, 5.74) is 0. The third kappa shape index (κ3) is 2.43. The molecule has 1 heterocycles. The maximum atomic E-state index is 12.4. The minimum absolute atomic E-state index is 0.172. The Morgan fingerprint density at radius 3 is 2.67 bits per heavy atom. The number of aliphatic hydroxyl groups excluding tert-OH is 1. The van der Waals surface area contributed by atoms with Gasteiger partial charge in [0, 0.05) is 20.3 Å². The fourth-order valence-corrected chi connectivity index (χ4v) is 3.79. The van der Waals surface area contributed by atoms with E-state index in [0.717, 1.165) is 12.8 Å². The second-order valence-corrected chi connectivity index (χ2v) is 6.79. The van der Waals surface area contributed by atoms with Crippen LogP contribution in [-0.2, 0) is 17.1 Å². The molecule has 18 heavy (non-hydrogen) atoms. The van der Waals surface area contributed by atoms with E-state index in [1.54, 1.807) is 7.05 Å². The van der Waals surface area contributed by atoms with Crippen LogP contribution in [0.25, 0.3) is 0 Å². The lowest BCUT2D eigenvalue weighted by Gasteiger charge is -2.34. The smallest absolute Gasteiger partial charge is 0.246 e. The summed E-state index contributed by atoms with van der Waals surface area (Å²) < 4.78 is 27.4. The SMILES string of the molecule is CN(C1CCCCC1O)S(=O)(=O)c1cnn(C)c1. The molecule has 0 radical (unpaired) electrons. The third-order valence-corrected chi connectivity index (χ3v) is 5.35. The molecule has 0 bridgehead atoms. The highest BCUT2D eigenvalue weighted by Crippen LogP contribution is 2.26. The number of hydrogen-bond donors (Lipinski definition) is 1. The van der Waals surface area contributed by atoms with Crippen LogP contribution in [0.3, 0.4) is 0 Å². The van der Waals surface area contributed by atoms with Crippen molar-refractivity contribution in [1.82, 2.24) is 14.1 Å². The van der Waals surface area contributed by atoms with Gasteiger partial charge >= 0.3 is 0 Å². The lowest BCUT2D eigenvalue weighted by Crippen LogP contribution is -2.46. The molecule has 2 atom stereocenters. The van der Waals surface area contributed by atoms with E-state index in [-0.39, 0.29) is 10.9 Å². The Morgan fingerprint density at radius 2 is 2.11 bits per heavy atom. The van der Waals surface area contributed by atoms with E-state index in [2.05, 4.69) is 5.10 Å². The van der Waals surface area contributed by atoms with Crippen LogP contribution in [-0.4, -0.2) is 46.8 Å². The molecule has 7 heteroatoms. The normalized spacial score (nSPS) is 25.6. The summed E-state index contributed by atoms with van der Waals surface area (Å²) in [5, 5.41) is 13.8. The first-order valence-electron chi connectivity index (χ1n) is 6.07. The summed E-state index contributed by atoms with van der Waals surface area (Å²) in [6.07, 6.45) is 5.51. The number of likely N-dealkylation sites (N-methyl/N-ethyl adjacent to an activating group) is 1. The highest BCUT2D eigenvalue weighted by molar-refractivity contribution is 7.89. The van der Waals surface area contributed by atoms with Gasteiger partial charge in [-0.3, -0.25) is 4.68 Å². The zero-order chi connectivity index (χ0) is 13.3. The highest BCUT2D eigenvalue weighted by Gasteiger charge is 2.34. The fourth-order valence-electron chi connectivity index (χ4n) is 2.39. The van der Waals surface area contributed by atoms with E-state index in [1.165, 1.54) is 28.4 Å². The average Bonchev–Trinajstić information content (AvgIpc) is 2.76. The van der Waals surface area contributed by atoms with Crippen molar-refractivity contribution in [3.05, 3.63) is 12.4 Å². The van der Waals surface area contributed by atoms with E-state index >= 15 is 0 Å². The average molecular weight is 273 g/mol. The minimum atomic E-state index is -3.56. The Morgan fingerprint density at radius 1 is 1.44 bits per heavy atom. The van der Waals surface area contributed by atoms with E-state index in [0.29, 0.717) is 12.8 Å². The van der Waals surface area contributed by atoms with Crippen molar-refractivity contribution in [2.75, 3.05) is 7.05 Å². The largest absolute Gasteiger partial charge is 0.391 e. The molecule has 0 spiro atoms. The second kappa shape index (κ2) is 4.99. The molecule has 102 valence electrons. The molecule has 1 aliphatic rings. The number of aromatic nitrogens is 2. The van der Waals surface area contributed by atoms with Crippen molar-refractivity contribution in [2.24, 2.45) is 7.05 Å². The monoisotopic (exact) mass is 273 g/mol. The molecule has 0 amide bonds. The second-order valence-electron chi connectivity index (χ2n) is 4.79. The van der Waals surface area contributed by atoms with Gasteiger partial charge in [-0.05, 0) is 12.8 Å². The molecule has 0 saturated heterocycles. The molecule has 2 unspecified atom stereocenters. The van der Waals surface area contributed by atoms with Gasteiger partial charge in [0.15, 0.2) is 0 Å². The van der Waals surface area contributed by atoms with Crippen molar-refractivity contribution < 1.29 is 13.5 Å².